The summed E-state index contributed by atoms with van der Waals surface area (Å²) >= 11 is -0.600. The normalized spacial score (nSPS) is 19.4. The fourth-order valence-corrected chi connectivity index (χ4v) is 6.11. The second-order valence-electron chi connectivity index (χ2n) is 7.93. The number of nitrogens with zero attached hydrogens (tertiary/aromatic N) is 4. The van der Waals surface area contributed by atoms with Crippen molar-refractivity contribution in [1.82, 2.24) is 9.97 Å². The number of halogens is 2. The molecule has 0 unspecified atom stereocenters. The molecule has 2 aliphatic rings. The Morgan fingerprint density at radius 2 is 2.03 bits per heavy atom. The minimum absolute atomic E-state index is 0.0562. The van der Waals surface area contributed by atoms with E-state index in [2.05, 4.69) is 4.98 Å². The van der Waals surface area contributed by atoms with Gasteiger partial charge >= 0.3 is 182 Å². The summed E-state index contributed by atoms with van der Waals surface area (Å²) in [5.41, 5.74) is 1.43. The number of aliphatic hydroxyl groups is 1. The third-order valence-electron chi connectivity index (χ3n) is 5.70. The van der Waals surface area contributed by atoms with Gasteiger partial charge in [0.1, 0.15) is 0 Å². The number of aromatic nitrogens is 2. The van der Waals surface area contributed by atoms with E-state index in [1.54, 1.807) is 25.3 Å². The van der Waals surface area contributed by atoms with Crippen LogP contribution >= 0.6 is 0 Å². The van der Waals surface area contributed by atoms with Crippen molar-refractivity contribution in [2.24, 2.45) is 0 Å². The van der Waals surface area contributed by atoms with Gasteiger partial charge in [0.05, 0.1) is 0 Å². The van der Waals surface area contributed by atoms with Crippen molar-refractivity contribution < 1.29 is 18.6 Å². The predicted molar refractivity (Wildman–Crippen MR) is 114 cm³/mol. The molecule has 0 spiro atoms. The van der Waals surface area contributed by atoms with E-state index >= 15 is 0 Å². The van der Waals surface area contributed by atoms with Gasteiger partial charge in [0.15, 0.2) is 0 Å². The molecule has 9 heteroatoms. The third kappa shape index (κ3) is 4.40. The summed E-state index contributed by atoms with van der Waals surface area (Å²) in [5, 5.41) is 9.35. The van der Waals surface area contributed by atoms with E-state index in [9.17, 15) is 13.9 Å². The Kier molecular flexibility index (Phi) is 6.16. The standard InChI is InChI=1S/C21H26AsF2N4O2/c1-27-12-21(23,24)13-28(15-5-3-4-6-15)19-17(27)10-25-20(26-19)22-16-8-7-14(11-29)9-18(16)30-2/h7-10,15,29H,3-6,11-13H2,1-2H3. The molecule has 1 aromatic heterocycles. The molecular formula is C21H26AsF2N4O2. The van der Waals surface area contributed by atoms with Gasteiger partial charge in [-0.3, -0.25) is 0 Å². The zero-order chi connectivity index (χ0) is 21.3. The van der Waals surface area contributed by atoms with Crippen LogP contribution in [0.25, 0.3) is 0 Å². The second kappa shape index (κ2) is 8.67. The summed E-state index contributed by atoms with van der Waals surface area (Å²) in [5.74, 6) is -1.50. The van der Waals surface area contributed by atoms with Crippen molar-refractivity contribution in [3.63, 3.8) is 0 Å². The molecule has 0 saturated heterocycles. The number of methoxy groups -OCH3 is 1. The van der Waals surface area contributed by atoms with E-state index in [1.165, 1.54) is 0 Å². The number of ether oxygens (including phenoxy) is 1. The Bertz CT molecular complexity index is 909. The Morgan fingerprint density at radius 1 is 1.27 bits per heavy atom. The Balaban J connectivity index is 1.70. The number of hydrogen-bond acceptors (Lipinski definition) is 6. The summed E-state index contributed by atoms with van der Waals surface area (Å²) in [6, 6.07) is 5.69. The van der Waals surface area contributed by atoms with Crippen molar-refractivity contribution in [2.45, 2.75) is 44.3 Å². The first-order valence-electron chi connectivity index (χ1n) is 10.1. The average molecular weight is 479 g/mol. The van der Waals surface area contributed by atoms with E-state index in [0.717, 1.165) is 35.6 Å². The first kappa shape index (κ1) is 21.3. The van der Waals surface area contributed by atoms with Crippen LogP contribution < -0.4 is 23.5 Å². The first-order chi connectivity index (χ1) is 14.4. The van der Waals surface area contributed by atoms with E-state index in [4.69, 9.17) is 9.72 Å². The molecule has 2 heterocycles. The van der Waals surface area contributed by atoms with E-state index in [-0.39, 0.29) is 25.7 Å². The third-order valence-corrected chi connectivity index (χ3v) is 7.86. The van der Waals surface area contributed by atoms with Crippen molar-refractivity contribution >= 4 is 36.2 Å². The van der Waals surface area contributed by atoms with Crippen LogP contribution in [-0.2, 0) is 6.61 Å². The number of alkyl halides is 2. The molecule has 30 heavy (non-hydrogen) atoms. The first-order valence-corrected chi connectivity index (χ1v) is 12.0. The molecule has 2 aromatic rings. The van der Waals surface area contributed by atoms with Crippen LogP contribution in [0.15, 0.2) is 24.4 Å². The van der Waals surface area contributed by atoms with Crippen LogP contribution in [0, 0.1) is 0 Å². The van der Waals surface area contributed by atoms with Crippen LogP contribution in [0.5, 0.6) is 5.75 Å². The van der Waals surface area contributed by atoms with Crippen molar-refractivity contribution in [3.05, 3.63) is 30.0 Å². The van der Waals surface area contributed by atoms with Gasteiger partial charge in [-0.2, -0.15) is 0 Å². The zero-order valence-corrected chi connectivity index (χ0v) is 19.1. The molecule has 0 amide bonds. The van der Waals surface area contributed by atoms with Crippen LogP contribution in [0.1, 0.15) is 31.2 Å². The van der Waals surface area contributed by atoms with E-state index in [0.29, 0.717) is 21.9 Å². The summed E-state index contributed by atoms with van der Waals surface area (Å²) in [4.78, 5) is 12.7. The monoisotopic (exact) mass is 479 g/mol. The maximum absolute atomic E-state index is 14.6. The number of fused-ring (bicyclic) bond motifs is 1. The molecule has 1 aliphatic heterocycles. The van der Waals surface area contributed by atoms with Gasteiger partial charge < -0.3 is 0 Å². The molecular weight excluding hydrogens is 453 g/mol. The number of aliphatic hydroxyl groups excluding tert-OH is 1. The fourth-order valence-electron chi connectivity index (χ4n) is 4.24. The molecule has 1 N–H and O–H groups in total. The van der Waals surface area contributed by atoms with E-state index in [1.807, 2.05) is 23.1 Å². The molecule has 1 aliphatic carbocycles. The molecule has 0 bridgehead atoms. The molecule has 4 rings (SSSR count). The van der Waals surface area contributed by atoms with E-state index < -0.39 is 21.7 Å². The molecule has 161 valence electrons. The Labute approximate surface area is 181 Å². The van der Waals surface area contributed by atoms with Gasteiger partial charge in [-0.15, -0.1) is 0 Å². The predicted octanol–water partition coefficient (Wildman–Crippen LogP) is 1.47. The van der Waals surface area contributed by atoms with Gasteiger partial charge in [0.2, 0.25) is 0 Å². The van der Waals surface area contributed by atoms with Crippen LogP contribution in [0.4, 0.5) is 20.3 Å². The zero-order valence-electron chi connectivity index (χ0n) is 17.2. The SMILES string of the molecule is COc1cc(CO)ccc1[As]c1ncc2c(n1)N(C1CCCC1)CC(F)(F)CN2C. The van der Waals surface area contributed by atoms with Gasteiger partial charge in [0.25, 0.3) is 0 Å². The minimum atomic E-state index is -2.81. The number of rotatable bonds is 5. The average Bonchev–Trinajstić information content (AvgIpc) is 3.23. The number of benzene rings is 1. The Morgan fingerprint density at radius 3 is 2.73 bits per heavy atom. The van der Waals surface area contributed by atoms with Crippen LogP contribution in [-0.4, -0.2) is 70.0 Å². The second-order valence-corrected chi connectivity index (χ2v) is 10.3. The molecule has 1 radical (unpaired) electrons. The van der Waals surface area contributed by atoms with Crippen molar-refractivity contribution in [3.8, 4) is 5.75 Å². The number of anilines is 2. The van der Waals surface area contributed by atoms with Gasteiger partial charge in [-0.25, -0.2) is 0 Å². The van der Waals surface area contributed by atoms with Gasteiger partial charge in [0, 0.05) is 0 Å². The summed E-state index contributed by atoms with van der Waals surface area (Å²) in [6.45, 7) is -0.702. The quantitative estimate of drug-likeness (QED) is 0.656. The summed E-state index contributed by atoms with van der Waals surface area (Å²) in [6.07, 6.45) is 5.66. The molecule has 1 aromatic carbocycles. The van der Waals surface area contributed by atoms with Crippen LogP contribution in [0.2, 0.25) is 0 Å². The Hall–Kier alpha value is -1.92. The molecule has 6 nitrogen and oxygen atoms in total. The maximum atomic E-state index is 14.6. The fraction of sp³-hybridized carbons (Fsp3) is 0.524. The molecule has 1 fully saturated rings. The van der Waals surface area contributed by atoms with Crippen molar-refractivity contribution in [1.29, 1.82) is 0 Å². The summed E-state index contributed by atoms with van der Waals surface area (Å²) in [7, 11) is 3.27. The van der Waals surface area contributed by atoms with Crippen molar-refractivity contribution in [2.75, 3.05) is 37.0 Å². The van der Waals surface area contributed by atoms with Gasteiger partial charge in [-0.1, -0.05) is 0 Å². The molecule has 0 atom stereocenters. The van der Waals surface area contributed by atoms with Gasteiger partial charge in [-0.05, 0) is 0 Å². The molecule has 1 saturated carbocycles. The summed E-state index contributed by atoms with van der Waals surface area (Å²) < 4.78 is 36.4. The topological polar surface area (TPSA) is 61.7 Å². The van der Waals surface area contributed by atoms with Crippen LogP contribution in [0.3, 0.4) is 0 Å². The number of hydrogen-bond donors (Lipinski definition) is 1.